The molecule has 0 saturated carbocycles. The number of carbonyl (C=O) groups is 1. The van der Waals surface area contributed by atoms with Crippen LogP contribution in [0.3, 0.4) is 0 Å². The molecule has 0 aromatic heterocycles. The zero-order valence-corrected chi connectivity index (χ0v) is 21.1. The van der Waals surface area contributed by atoms with Gasteiger partial charge in [-0.25, -0.2) is 4.79 Å². The summed E-state index contributed by atoms with van der Waals surface area (Å²) in [6.45, 7) is 18.7. The Balaban J connectivity index is 0.00000841. The quantitative estimate of drug-likeness (QED) is 0.166. The van der Waals surface area contributed by atoms with Gasteiger partial charge in [-0.05, 0) is 76.6 Å². The lowest BCUT2D eigenvalue weighted by molar-refractivity contribution is -0.151. The highest BCUT2D eigenvalue weighted by Gasteiger charge is 2.26. The van der Waals surface area contributed by atoms with Crippen molar-refractivity contribution in [1.29, 1.82) is 0 Å². The van der Waals surface area contributed by atoms with Gasteiger partial charge in [0.15, 0.2) is 6.23 Å². The van der Waals surface area contributed by atoms with E-state index in [4.69, 9.17) is 4.74 Å². The first-order chi connectivity index (χ1) is 13.6. The van der Waals surface area contributed by atoms with Gasteiger partial charge in [-0.2, -0.15) is 0 Å². The van der Waals surface area contributed by atoms with E-state index in [1.54, 1.807) is 6.08 Å². The second-order valence-corrected chi connectivity index (χ2v) is 8.68. The highest BCUT2D eigenvalue weighted by molar-refractivity contribution is 5.85. The summed E-state index contributed by atoms with van der Waals surface area (Å²) in [5.74, 6) is -0.297. The molecule has 0 spiro atoms. The Labute approximate surface area is 191 Å². The van der Waals surface area contributed by atoms with E-state index in [-0.39, 0.29) is 30.0 Å². The van der Waals surface area contributed by atoms with E-state index in [9.17, 15) is 4.79 Å². The number of hydrogen-bond acceptors (Lipinski definition) is 3. The molecule has 1 aliphatic carbocycles. The van der Waals surface area contributed by atoms with Gasteiger partial charge in [-0.3, -0.25) is 4.90 Å². The normalized spacial score (nSPS) is 18.8. The number of esters is 1. The standard InChI is InChI=1S/C26H41NO2.ClH/c1-9-27(10-2)23(6)29-25(28)19-21(4)14-11-13-20(3)16-17-24-22(5)15-12-18-26(24,7)8;/h11,13-14,16-17,19,23H,9-10,12,15,18H2,1-8H3;1H/b14-11+,17-16+,20-13+,21-19+;. The number of hydrogen-bond donors (Lipinski definition) is 0. The van der Waals surface area contributed by atoms with Gasteiger partial charge in [-0.1, -0.05) is 69.2 Å². The monoisotopic (exact) mass is 435 g/mol. The van der Waals surface area contributed by atoms with Crippen molar-refractivity contribution < 1.29 is 9.53 Å². The van der Waals surface area contributed by atoms with Crippen LogP contribution in [0.4, 0.5) is 0 Å². The van der Waals surface area contributed by atoms with Gasteiger partial charge in [0.05, 0.1) is 0 Å². The molecule has 0 fully saturated rings. The molecule has 30 heavy (non-hydrogen) atoms. The van der Waals surface area contributed by atoms with E-state index in [1.807, 2.05) is 26.0 Å². The molecule has 0 heterocycles. The van der Waals surface area contributed by atoms with Gasteiger partial charge in [0.2, 0.25) is 0 Å². The highest BCUT2D eigenvalue weighted by atomic mass is 35.5. The maximum atomic E-state index is 12.1. The molecule has 3 nitrogen and oxygen atoms in total. The highest BCUT2D eigenvalue weighted by Crippen LogP contribution is 2.40. The summed E-state index contributed by atoms with van der Waals surface area (Å²) in [7, 11) is 0. The fourth-order valence-electron chi connectivity index (χ4n) is 3.88. The van der Waals surface area contributed by atoms with Gasteiger partial charge >= 0.3 is 5.97 Å². The maximum Gasteiger partial charge on any atom is 0.332 e. The van der Waals surface area contributed by atoms with Crippen LogP contribution in [0, 0.1) is 5.41 Å². The average molecular weight is 436 g/mol. The van der Waals surface area contributed by atoms with Gasteiger partial charge in [0, 0.05) is 6.08 Å². The molecule has 170 valence electrons. The fraction of sp³-hybridized carbons (Fsp3) is 0.577. The van der Waals surface area contributed by atoms with Gasteiger partial charge < -0.3 is 4.74 Å². The Morgan fingerprint density at radius 3 is 2.37 bits per heavy atom. The van der Waals surface area contributed by atoms with E-state index in [2.05, 4.69) is 64.7 Å². The Morgan fingerprint density at radius 2 is 1.80 bits per heavy atom. The molecule has 0 aliphatic heterocycles. The second-order valence-electron chi connectivity index (χ2n) is 8.68. The summed E-state index contributed by atoms with van der Waals surface area (Å²) in [6.07, 6.45) is 15.6. The summed E-state index contributed by atoms with van der Waals surface area (Å²) in [5, 5.41) is 0. The first-order valence-corrected chi connectivity index (χ1v) is 11.0. The minimum absolute atomic E-state index is 0. The van der Waals surface area contributed by atoms with Crippen LogP contribution in [-0.4, -0.2) is 30.2 Å². The molecule has 0 N–H and O–H groups in total. The Kier molecular flexibility index (Phi) is 12.9. The molecule has 1 atom stereocenters. The van der Waals surface area contributed by atoms with Crippen LogP contribution in [0.15, 0.2) is 58.7 Å². The van der Waals surface area contributed by atoms with Crippen LogP contribution in [0.1, 0.15) is 74.7 Å². The van der Waals surface area contributed by atoms with E-state index >= 15 is 0 Å². The van der Waals surface area contributed by atoms with Crippen molar-refractivity contribution in [2.24, 2.45) is 5.41 Å². The molecule has 1 rings (SSSR count). The number of rotatable bonds is 9. The van der Waals surface area contributed by atoms with Crippen LogP contribution in [-0.2, 0) is 9.53 Å². The first kappa shape index (κ1) is 28.4. The van der Waals surface area contributed by atoms with Crippen LogP contribution in [0.5, 0.6) is 0 Å². The zero-order chi connectivity index (χ0) is 22.0. The summed E-state index contributed by atoms with van der Waals surface area (Å²) >= 11 is 0. The number of nitrogens with zero attached hydrogens (tertiary/aromatic N) is 1. The van der Waals surface area contributed by atoms with Crippen molar-refractivity contribution in [3.63, 3.8) is 0 Å². The largest absolute Gasteiger partial charge is 0.443 e. The minimum Gasteiger partial charge on any atom is -0.443 e. The van der Waals surface area contributed by atoms with E-state index in [0.29, 0.717) is 0 Å². The van der Waals surface area contributed by atoms with Gasteiger partial charge in [0.25, 0.3) is 0 Å². The lowest BCUT2D eigenvalue weighted by Gasteiger charge is -2.32. The van der Waals surface area contributed by atoms with E-state index in [0.717, 1.165) is 18.7 Å². The van der Waals surface area contributed by atoms with Crippen LogP contribution >= 0.6 is 12.4 Å². The van der Waals surface area contributed by atoms with Crippen molar-refractivity contribution in [2.75, 3.05) is 13.1 Å². The van der Waals surface area contributed by atoms with Crippen molar-refractivity contribution in [3.8, 4) is 0 Å². The zero-order valence-electron chi connectivity index (χ0n) is 20.2. The third kappa shape index (κ3) is 9.49. The van der Waals surface area contributed by atoms with Crippen molar-refractivity contribution in [3.05, 3.63) is 58.7 Å². The van der Waals surface area contributed by atoms with Crippen LogP contribution in [0.2, 0.25) is 0 Å². The number of carbonyl (C=O) groups excluding carboxylic acids is 1. The predicted octanol–water partition coefficient (Wildman–Crippen LogP) is 7.17. The topological polar surface area (TPSA) is 29.5 Å². The summed E-state index contributed by atoms with van der Waals surface area (Å²) in [6, 6.07) is 0. The third-order valence-electron chi connectivity index (χ3n) is 5.73. The molecule has 4 heteroatoms. The average Bonchev–Trinajstić information content (AvgIpc) is 2.61. The van der Waals surface area contributed by atoms with Crippen LogP contribution in [0.25, 0.3) is 0 Å². The summed E-state index contributed by atoms with van der Waals surface area (Å²) < 4.78 is 5.47. The second kappa shape index (κ2) is 13.7. The fourth-order valence-corrected chi connectivity index (χ4v) is 3.88. The Bertz CT molecular complexity index is 707. The maximum absolute atomic E-state index is 12.1. The number of ether oxygens (including phenoxy) is 1. The van der Waals surface area contributed by atoms with Crippen molar-refractivity contribution in [2.45, 2.75) is 80.9 Å². The molecule has 0 aromatic rings. The SMILES string of the molecule is CCN(CC)C(C)OC(=O)/C=C(C)/C=C/C=C(C)/C=C/C1=C(C)CCCC1(C)C.Cl. The number of allylic oxidation sites excluding steroid dienone is 9. The van der Waals surface area contributed by atoms with Crippen LogP contribution < -0.4 is 0 Å². The molecule has 0 amide bonds. The lowest BCUT2D eigenvalue weighted by atomic mass is 9.72. The Hall–Kier alpha value is -1.58. The minimum atomic E-state index is -0.297. The van der Waals surface area contributed by atoms with Crippen molar-refractivity contribution in [1.82, 2.24) is 4.90 Å². The molecule has 1 aliphatic rings. The smallest absolute Gasteiger partial charge is 0.332 e. The number of halogens is 1. The van der Waals surface area contributed by atoms with Gasteiger partial charge in [0.1, 0.15) is 0 Å². The lowest BCUT2D eigenvalue weighted by Crippen LogP contribution is -2.36. The molecule has 0 aromatic carbocycles. The molecule has 0 saturated heterocycles. The third-order valence-corrected chi connectivity index (χ3v) is 5.73. The van der Waals surface area contributed by atoms with E-state index < -0.39 is 0 Å². The molecule has 1 unspecified atom stereocenters. The molecule has 0 bridgehead atoms. The predicted molar refractivity (Wildman–Crippen MR) is 132 cm³/mol. The van der Waals surface area contributed by atoms with E-state index in [1.165, 1.54) is 36.0 Å². The summed E-state index contributed by atoms with van der Waals surface area (Å²) in [5.41, 5.74) is 5.31. The van der Waals surface area contributed by atoms with Gasteiger partial charge in [-0.15, -0.1) is 12.4 Å². The summed E-state index contributed by atoms with van der Waals surface area (Å²) in [4.78, 5) is 14.2. The molecular weight excluding hydrogens is 394 g/mol. The molecular formula is C26H42ClNO2. The Morgan fingerprint density at radius 1 is 1.17 bits per heavy atom. The van der Waals surface area contributed by atoms with Crippen molar-refractivity contribution >= 4 is 18.4 Å². The molecule has 0 radical (unpaired) electrons. The first-order valence-electron chi connectivity index (χ1n) is 11.0.